The Morgan fingerprint density at radius 3 is 2.68 bits per heavy atom. The van der Waals surface area contributed by atoms with Crippen LogP contribution in [0.15, 0.2) is 61.1 Å². The number of rotatable bonds is 10. The van der Waals surface area contributed by atoms with Gasteiger partial charge in [-0.3, -0.25) is 9.78 Å². The minimum Gasteiger partial charge on any atom is -0.493 e. The van der Waals surface area contributed by atoms with Gasteiger partial charge in [-0.25, -0.2) is 4.98 Å². The molecule has 8 heteroatoms. The molecular weight excluding hydrogens is 396 g/mol. The van der Waals surface area contributed by atoms with Gasteiger partial charge in [-0.15, -0.1) is 0 Å². The van der Waals surface area contributed by atoms with Crippen LogP contribution in [0.25, 0.3) is 0 Å². The number of carbonyl (C=O) groups is 1. The number of anilines is 1. The molecule has 31 heavy (non-hydrogen) atoms. The molecular formula is C23H22N4O4. The molecule has 0 atom stereocenters. The number of nitrogens with one attached hydrogen (secondary N) is 1. The van der Waals surface area contributed by atoms with Gasteiger partial charge in [0.15, 0.2) is 23.1 Å². The van der Waals surface area contributed by atoms with Crippen molar-refractivity contribution in [1.82, 2.24) is 9.97 Å². The smallest absolute Gasteiger partial charge is 0.225 e. The molecule has 0 aliphatic carbocycles. The number of nitriles is 1. The van der Waals surface area contributed by atoms with E-state index in [0.29, 0.717) is 48.3 Å². The van der Waals surface area contributed by atoms with Gasteiger partial charge >= 0.3 is 0 Å². The van der Waals surface area contributed by atoms with Gasteiger partial charge in [0.25, 0.3) is 0 Å². The van der Waals surface area contributed by atoms with Crippen molar-refractivity contribution in [1.29, 1.82) is 5.26 Å². The number of benzene rings is 1. The summed E-state index contributed by atoms with van der Waals surface area (Å²) in [7, 11) is 1.51. The lowest BCUT2D eigenvalue weighted by molar-refractivity contribution is -0.116. The highest BCUT2D eigenvalue weighted by atomic mass is 16.5. The predicted octanol–water partition coefficient (Wildman–Crippen LogP) is 3.73. The maximum absolute atomic E-state index is 12.3. The van der Waals surface area contributed by atoms with Crippen molar-refractivity contribution in [2.75, 3.05) is 19.0 Å². The summed E-state index contributed by atoms with van der Waals surface area (Å²) in [6, 6.07) is 14.2. The van der Waals surface area contributed by atoms with Crippen molar-refractivity contribution in [2.45, 2.75) is 19.4 Å². The summed E-state index contributed by atoms with van der Waals surface area (Å²) >= 11 is 0. The molecule has 2 aromatic heterocycles. The summed E-state index contributed by atoms with van der Waals surface area (Å²) < 4.78 is 16.7. The molecule has 1 aromatic carbocycles. The molecule has 0 aliphatic heterocycles. The molecule has 0 saturated heterocycles. The average molecular weight is 418 g/mol. The summed E-state index contributed by atoms with van der Waals surface area (Å²) in [4.78, 5) is 20.5. The lowest BCUT2D eigenvalue weighted by Gasteiger charge is -2.12. The van der Waals surface area contributed by atoms with E-state index in [0.717, 1.165) is 5.56 Å². The maximum Gasteiger partial charge on any atom is 0.225 e. The predicted molar refractivity (Wildman–Crippen MR) is 114 cm³/mol. The minimum atomic E-state index is -0.192. The summed E-state index contributed by atoms with van der Waals surface area (Å²) in [5, 5.41) is 11.7. The van der Waals surface area contributed by atoms with Crippen LogP contribution < -0.4 is 19.5 Å². The molecule has 2 heterocycles. The first-order valence-electron chi connectivity index (χ1n) is 9.67. The highest BCUT2D eigenvalue weighted by molar-refractivity contribution is 5.91. The first kappa shape index (κ1) is 21.6. The van der Waals surface area contributed by atoms with Crippen molar-refractivity contribution < 1.29 is 19.0 Å². The number of aromatic nitrogens is 2. The quantitative estimate of drug-likeness (QED) is 0.500. The van der Waals surface area contributed by atoms with E-state index in [2.05, 4.69) is 15.3 Å². The number of pyridine rings is 2. The number of hydrogen-bond donors (Lipinski definition) is 1. The van der Waals surface area contributed by atoms with Crippen LogP contribution in [-0.4, -0.2) is 29.6 Å². The van der Waals surface area contributed by atoms with E-state index in [9.17, 15) is 4.79 Å². The van der Waals surface area contributed by atoms with E-state index < -0.39 is 0 Å². The fraction of sp³-hybridized carbons (Fsp3) is 0.217. The number of methoxy groups -OCH3 is 1. The van der Waals surface area contributed by atoms with Gasteiger partial charge in [0.2, 0.25) is 5.91 Å². The fourth-order valence-corrected chi connectivity index (χ4v) is 2.71. The van der Waals surface area contributed by atoms with Gasteiger partial charge in [-0.2, -0.15) is 5.26 Å². The summed E-state index contributed by atoms with van der Waals surface area (Å²) in [6.07, 6.45) is 5.73. The zero-order valence-corrected chi connectivity index (χ0v) is 17.1. The van der Waals surface area contributed by atoms with Crippen molar-refractivity contribution in [3.8, 4) is 23.3 Å². The standard InChI is InChI=1S/C23H22N4O4/c1-29-21-14-18(15-24)6-7-19(21)30-13-3-5-22(28)27-23-20(4-2-10-26-23)31-16-17-8-11-25-12-9-17/h2,4,6-12,14H,3,5,13,16H2,1H3,(H,26,27,28). The number of nitrogens with zero attached hydrogens (tertiary/aromatic N) is 3. The largest absolute Gasteiger partial charge is 0.493 e. The van der Waals surface area contributed by atoms with Crippen molar-refractivity contribution in [2.24, 2.45) is 0 Å². The molecule has 8 nitrogen and oxygen atoms in total. The molecule has 0 saturated carbocycles. The molecule has 0 unspecified atom stereocenters. The molecule has 0 spiro atoms. The van der Waals surface area contributed by atoms with Gasteiger partial charge < -0.3 is 19.5 Å². The first-order chi connectivity index (χ1) is 15.2. The van der Waals surface area contributed by atoms with Crippen molar-refractivity contribution >= 4 is 11.7 Å². The Hall–Kier alpha value is -4.12. The third-order valence-corrected chi connectivity index (χ3v) is 4.27. The van der Waals surface area contributed by atoms with Gasteiger partial charge in [0.1, 0.15) is 6.61 Å². The molecule has 1 amide bonds. The lowest BCUT2D eigenvalue weighted by Crippen LogP contribution is -2.15. The molecule has 3 rings (SSSR count). The molecule has 0 aliphatic rings. The van der Waals surface area contributed by atoms with Crippen LogP contribution in [0.2, 0.25) is 0 Å². The SMILES string of the molecule is COc1cc(C#N)ccc1OCCCC(=O)Nc1ncccc1OCc1ccncc1. The molecule has 0 bridgehead atoms. The normalized spacial score (nSPS) is 10.1. The number of hydrogen-bond acceptors (Lipinski definition) is 7. The van der Waals surface area contributed by atoms with E-state index in [1.807, 2.05) is 18.2 Å². The van der Waals surface area contributed by atoms with Crippen LogP contribution in [0.4, 0.5) is 5.82 Å². The number of amides is 1. The van der Waals surface area contributed by atoms with E-state index in [4.69, 9.17) is 19.5 Å². The number of carbonyl (C=O) groups excluding carboxylic acids is 1. The number of ether oxygens (including phenoxy) is 3. The monoisotopic (exact) mass is 418 g/mol. The highest BCUT2D eigenvalue weighted by Gasteiger charge is 2.10. The van der Waals surface area contributed by atoms with Crippen LogP contribution in [0.1, 0.15) is 24.0 Å². The van der Waals surface area contributed by atoms with Gasteiger partial charge in [0.05, 0.1) is 25.3 Å². The van der Waals surface area contributed by atoms with E-state index in [-0.39, 0.29) is 12.3 Å². The van der Waals surface area contributed by atoms with Crippen LogP contribution in [0.3, 0.4) is 0 Å². The van der Waals surface area contributed by atoms with E-state index in [1.165, 1.54) is 7.11 Å². The Kier molecular flexibility index (Phi) is 7.77. The van der Waals surface area contributed by atoms with E-state index in [1.54, 1.807) is 48.9 Å². The summed E-state index contributed by atoms with van der Waals surface area (Å²) in [6.45, 7) is 0.667. The Morgan fingerprint density at radius 2 is 1.90 bits per heavy atom. The van der Waals surface area contributed by atoms with Crippen LogP contribution in [0, 0.1) is 11.3 Å². The Morgan fingerprint density at radius 1 is 1.06 bits per heavy atom. The highest BCUT2D eigenvalue weighted by Crippen LogP contribution is 2.28. The molecule has 3 aromatic rings. The lowest BCUT2D eigenvalue weighted by atomic mass is 10.2. The van der Waals surface area contributed by atoms with Crippen molar-refractivity contribution in [3.05, 3.63) is 72.2 Å². The third-order valence-electron chi connectivity index (χ3n) is 4.27. The molecule has 0 fully saturated rings. The van der Waals surface area contributed by atoms with Gasteiger partial charge in [0, 0.05) is 31.1 Å². The zero-order valence-electron chi connectivity index (χ0n) is 17.1. The first-order valence-corrected chi connectivity index (χ1v) is 9.67. The third kappa shape index (κ3) is 6.44. The van der Waals surface area contributed by atoms with E-state index >= 15 is 0 Å². The van der Waals surface area contributed by atoms with Crippen molar-refractivity contribution in [3.63, 3.8) is 0 Å². The Bertz CT molecular complexity index is 1050. The second-order valence-electron chi connectivity index (χ2n) is 6.47. The fourth-order valence-electron chi connectivity index (χ4n) is 2.71. The molecule has 1 N–H and O–H groups in total. The van der Waals surface area contributed by atoms with Crippen LogP contribution in [-0.2, 0) is 11.4 Å². The molecule has 0 radical (unpaired) electrons. The van der Waals surface area contributed by atoms with Crippen LogP contribution in [0.5, 0.6) is 17.2 Å². The minimum absolute atomic E-state index is 0.192. The zero-order chi connectivity index (χ0) is 21.9. The Labute approximate surface area is 180 Å². The topological polar surface area (TPSA) is 106 Å². The second-order valence-corrected chi connectivity index (χ2v) is 6.47. The second kappa shape index (κ2) is 11.2. The van der Waals surface area contributed by atoms with Gasteiger partial charge in [-0.05, 0) is 48.4 Å². The van der Waals surface area contributed by atoms with Gasteiger partial charge in [-0.1, -0.05) is 0 Å². The average Bonchev–Trinajstić information content (AvgIpc) is 2.82. The maximum atomic E-state index is 12.3. The molecule has 158 valence electrons. The van der Waals surface area contributed by atoms with Crippen LogP contribution >= 0.6 is 0 Å². The Balaban J connectivity index is 1.47. The summed E-state index contributed by atoms with van der Waals surface area (Å²) in [5.74, 6) is 1.68. The summed E-state index contributed by atoms with van der Waals surface area (Å²) in [5.41, 5.74) is 1.45.